The Labute approximate surface area is 96.0 Å². The summed E-state index contributed by atoms with van der Waals surface area (Å²) in [5.41, 5.74) is 0.647. The largest absolute Gasteiger partial charge is 0.494 e. The van der Waals surface area contributed by atoms with Gasteiger partial charge in [-0.3, -0.25) is 0 Å². The van der Waals surface area contributed by atoms with Crippen molar-refractivity contribution in [2.45, 2.75) is 25.3 Å². The lowest BCUT2D eigenvalue weighted by molar-refractivity contribution is 0.308. The molecule has 1 fully saturated rings. The molecule has 0 aromatic heterocycles. The first-order valence-electron chi connectivity index (χ1n) is 5.75. The van der Waals surface area contributed by atoms with Crippen LogP contribution in [0, 0.1) is 11.3 Å². The molecule has 1 N–H and O–H groups in total. The number of nitrogens with one attached hydrogen (secondary N) is 1. The Morgan fingerprint density at radius 3 is 3.06 bits per heavy atom. The van der Waals surface area contributed by atoms with E-state index in [1.807, 2.05) is 12.1 Å². The Bertz CT molecular complexity index is 380. The van der Waals surface area contributed by atoms with Gasteiger partial charge in [0.25, 0.3) is 0 Å². The first kappa shape index (κ1) is 11.0. The molecule has 0 bridgehead atoms. The minimum absolute atomic E-state index is 0.647. The molecule has 0 amide bonds. The van der Waals surface area contributed by atoms with Crippen molar-refractivity contribution < 1.29 is 4.74 Å². The summed E-state index contributed by atoms with van der Waals surface area (Å²) < 4.78 is 5.56. The summed E-state index contributed by atoms with van der Waals surface area (Å²) in [7, 11) is 0. The molecule has 1 aliphatic carbocycles. The van der Waals surface area contributed by atoms with E-state index in [2.05, 4.69) is 11.4 Å². The van der Waals surface area contributed by atoms with Crippen molar-refractivity contribution >= 4 is 0 Å². The maximum absolute atomic E-state index is 8.72. The molecule has 0 spiro atoms. The third-order valence-corrected chi connectivity index (χ3v) is 2.56. The van der Waals surface area contributed by atoms with Crippen LogP contribution >= 0.6 is 0 Å². The van der Waals surface area contributed by atoms with E-state index >= 15 is 0 Å². The van der Waals surface area contributed by atoms with Gasteiger partial charge in [-0.25, -0.2) is 0 Å². The Morgan fingerprint density at radius 1 is 1.44 bits per heavy atom. The second kappa shape index (κ2) is 5.53. The maximum atomic E-state index is 8.72. The van der Waals surface area contributed by atoms with Gasteiger partial charge in [0.2, 0.25) is 0 Å². The highest BCUT2D eigenvalue weighted by Crippen LogP contribution is 2.18. The third kappa shape index (κ3) is 3.56. The van der Waals surface area contributed by atoms with Crippen molar-refractivity contribution in [1.29, 1.82) is 5.26 Å². The van der Waals surface area contributed by atoms with Crippen LogP contribution in [0.1, 0.15) is 24.8 Å². The van der Waals surface area contributed by atoms with Gasteiger partial charge in [-0.05, 0) is 44.0 Å². The molecule has 2 rings (SSSR count). The molecule has 0 atom stereocenters. The first-order valence-corrected chi connectivity index (χ1v) is 5.75. The Hall–Kier alpha value is -1.53. The van der Waals surface area contributed by atoms with Crippen molar-refractivity contribution in [1.82, 2.24) is 5.32 Å². The van der Waals surface area contributed by atoms with E-state index in [0.717, 1.165) is 24.8 Å². The molecule has 3 nitrogen and oxygen atoms in total. The van der Waals surface area contributed by atoms with Gasteiger partial charge in [-0.1, -0.05) is 6.07 Å². The van der Waals surface area contributed by atoms with Crippen molar-refractivity contribution in [3.05, 3.63) is 29.8 Å². The summed E-state index contributed by atoms with van der Waals surface area (Å²) in [6.45, 7) is 1.72. The number of rotatable bonds is 6. The zero-order chi connectivity index (χ0) is 11.2. The summed E-state index contributed by atoms with van der Waals surface area (Å²) in [4.78, 5) is 0. The second-order valence-corrected chi connectivity index (χ2v) is 4.07. The minimum Gasteiger partial charge on any atom is -0.494 e. The van der Waals surface area contributed by atoms with E-state index in [1.165, 1.54) is 12.8 Å². The van der Waals surface area contributed by atoms with E-state index in [-0.39, 0.29) is 0 Å². The third-order valence-electron chi connectivity index (χ3n) is 2.56. The fraction of sp³-hybridized carbons (Fsp3) is 0.462. The number of hydrogen-bond donors (Lipinski definition) is 1. The molecule has 0 aliphatic heterocycles. The van der Waals surface area contributed by atoms with E-state index < -0.39 is 0 Å². The highest BCUT2D eigenvalue weighted by Gasteiger charge is 2.19. The van der Waals surface area contributed by atoms with E-state index in [9.17, 15) is 0 Å². The fourth-order valence-electron chi connectivity index (χ4n) is 1.51. The molecule has 1 aliphatic rings. The predicted molar refractivity (Wildman–Crippen MR) is 62.3 cm³/mol. The van der Waals surface area contributed by atoms with Crippen molar-refractivity contribution in [3.63, 3.8) is 0 Å². The van der Waals surface area contributed by atoms with E-state index in [1.54, 1.807) is 12.1 Å². The predicted octanol–water partition coefficient (Wildman–Crippen LogP) is 2.08. The smallest absolute Gasteiger partial charge is 0.120 e. The summed E-state index contributed by atoms with van der Waals surface area (Å²) in [6, 6.07) is 10.1. The molecule has 1 saturated carbocycles. The van der Waals surface area contributed by atoms with Crippen LogP contribution in [0.25, 0.3) is 0 Å². The molecule has 84 valence electrons. The molecule has 1 aromatic carbocycles. The molecule has 16 heavy (non-hydrogen) atoms. The number of nitrogens with zero attached hydrogens (tertiary/aromatic N) is 1. The molecule has 3 heteroatoms. The molecule has 0 saturated heterocycles. The van der Waals surface area contributed by atoms with E-state index in [0.29, 0.717) is 12.2 Å². The van der Waals surface area contributed by atoms with Crippen molar-refractivity contribution in [2.24, 2.45) is 0 Å². The van der Waals surface area contributed by atoms with Crippen LogP contribution in [0.4, 0.5) is 0 Å². The summed E-state index contributed by atoms with van der Waals surface area (Å²) in [5, 5.41) is 12.2. The second-order valence-electron chi connectivity index (χ2n) is 4.07. The highest BCUT2D eigenvalue weighted by atomic mass is 16.5. The number of nitriles is 1. The molecule has 0 heterocycles. The molecular weight excluding hydrogens is 200 g/mol. The molecule has 0 unspecified atom stereocenters. The Balaban J connectivity index is 1.65. The lowest BCUT2D eigenvalue weighted by Crippen LogP contribution is -2.19. The average molecular weight is 216 g/mol. The Kier molecular flexibility index (Phi) is 3.79. The number of ether oxygens (including phenoxy) is 1. The van der Waals surface area contributed by atoms with Crippen LogP contribution in [0.5, 0.6) is 5.75 Å². The van der Waals surface area contributed by atoms with Gasteiger partial charge in [-0.15, -0.1) is 0 Å². The fourth-order valence-corrected chi connectivity index (χ4v) is 1.51. The number of benzene rings is 1. The number of hydrogen-bond acceptors (Lipinski definition) is 3. The van der Waals surface area contributed by atoms with Gasteiger partial charge < -0.3 is 10.1 Å². The van der Waals surface area contributed by atoms with Crippen molar-refractivity contribution in [2.75, 3.05) is 13.2 Å². The average Bonchev–Trinajstić information content (AvgIpc) is 3.13. The van der Waals surface area contributed by atoms with Crippen LogP contribution in [-0.2, 0) is 0 Å². The van der Waals surface area contributed by atoms with E-state index in [4.69, 9.17) is 10.00 Å². The SMILES string of the molecule is N#Cc1cccc(OCCCNC2CC2)c1. The molecular formula is C13H16N2O. The quantitative estimate of drug-likeness (QED) is 0.740. The first-order chi connectivity index (χ1) is 7.88. The van der Waals surface area contributed by atoms with Gasteiger partial charge >= 0.3 is 0 Å². The van der Waals surface area contributed by atoms with Crippen LogP contribution in [0.3, 0.4) is 0 Å². The minimum atomic E-state index is 0.647. The summed E-state index contributed by atoms with van der Waals surface area (Å²) in [6.07, 6.45) is 3.66. The van der Waals surface area contributed by atoms with Crippen LogP contribution < -0.4 is 10.1 Å². The zero-order valence-corrected chi connectivity index (χ0v) is 9.28. The standard InChI is InChI=1S/C13H16N2O/c14-10-11-3-1-4-13(9-11)16-8-2-7-15-12-5-6-12/h1,3-4,9,12,15H,2,5-8H2. The summed E-state index contributed by atoms with van der Waals surface area (Å²) in [5.74, 6) is 0.783. The zero-order valence-electron chi connectivity index (χ0n) is 9.28. The maximum Gasteiger partial charge on any atom is 0.120 e. The Morgan fingerprint density at radius 2 is 2.31 bits per heavy atom. The normalized spacial score (nSPS) is 14.4. The van der Waals surface area contributed by atoms with Gasteiger partial charge in [0.15, 0.2) is 0 Å². The van der Waals surface area contributed by atoms with Gasteiger partial charge in [0.1, 0.15) is 5.75 Å². The molecule has 0 radical (unpaired) electrons. The molecule has 1 aromatic rings. The van der Waals surface area contributed by atoms with Gasteiger partial charge in [0, 0.05) is 6.04 Å². The van der Waals surface area contributed by atoms with Gasteiger partial charge in [-0.2, -0.15) is 5.26 Å². The highest BCUT2D eigenvalue weighted by molar-refractivity contribution is 5.36. The lowest BCUT2D eigenvalue weighted by atomic mass is 10.2. The lowest BCUT2D eigenvalue weighted by Gasteiger charge is -2.06. The topological polar surface area (TPSA) is 45.0 Å². The van der Waals surface area contributed by atoms with Crippen LogP contribution in [0.15, 0.2) is 24.3 Å². The van der Waals surface area contributed by atoms with Crippen molar-refractivity contribution in [3.8, 4) is 11.8 Å². The summed E-state index contributed by atoms with van der Waals surface area (Å²) >= 11 is 0. The van der Waals surface area contributed by atoms with Crippen LogP contribution in [-0.4, -0.2) is 19.2 Å². The monoisotopic (exact) mass is 216 g/mol. The van der Waals surface area contributed by atoms with Gasteiger partial charge in [0.05, 0.1) is 18.2 Å². The van der Waals surface area contributed by atoms with Crippen LogP contribution in [0.2, 0.25) is 0 Å².